The van der Waals surface area contributed by atoms with Crippen LogP contribution in [0.4, 0.5) is 0 Å². The summed E-state index contributed by atoms with van der Waals surface area (Å²) in [4.78, 5) is 52.8. The van der Waals surface area contributed by atoms with Crippen LogP contribution in [0, 0.1) is 5.92 Å². The summed E-state index contributed by atoms with van der Waals surface area (Å²) in [5, 5.41) is 19.5. The van der Waals surface area contributed by atoms with Crippen molar-refractivity contribution in [3.63, 3.8) is 0 Å². The molecule has 0 saturated carbocycles. The Balaban J connectivity index is 4.57. The number of aliphatic hydroxyl groups is 2. The summed E-state index contributed by atoms with van der Waals surface area (Å²) in [6.07, 6.45) is 37.4. The van der Waals surface area contributed by atoms with Gasteiger partial charge in [0, 0.05) is 12.8 Å². The predicted molar refractivity (Wildman–Crippen MR) is 245 cm³/mol. The van der Waals surface area contributed by atoms with Gasteiger partial charge < -0.3 is 34.4 Å². The molecule has 0 aromatic heterocycles. The lowest BCUT2D eigenvalue weighted by atomic mass is 10.0. The average molecular weight is 923 g/mol. The highest BCUT2D eigenvalue weighted by Gasteiger charge is 2.28. The Labute approximate surface area is 373 Å². The molecule has 4 atom stereocenters. The van der Waals surface area contributed by atoms with Crippen molar-refractivity contribution in [2.75, 3.05) is 26.4 Å². The van der Waals surface area contributed by atoms with Crippen molar-refractivity contribution in [2.24, 2.45) is 5.92 Å². The Morgan fingerprint density at radius 1 is 0.532 bits per heavy atom. The van der Waals surface area contributed by atoms with Gasteiger partial charge in [-0.1, -0.05) is 166 Å². The van der Waals surface area contributed by atoms with Crippen molar-refractivity contribution in [3.05, 3.63) is 48.6 Å². The van der Waals surface area contributed by atoms with E-state index in [0.29, 0.717) is 25.7 Å². The molecule has 2 unspecified atom stereocenters. The maximum Gasteiger partial charge on any atom is 0.472 e. The fourth-order valence-electron chi connectivity index (χ4n) is 6.19. The number of carbonyl (C=O) groups is 2. The molecule has 5 N–H and O–H groups in total. The molecule has 14 nitrogen and oxygen atoms in total. The van der Waals surface area contributed by atoms with Crippen molar-refractivity contribution in [2.45, 2.75) is 200 Å². The first-order chi connectivity index (χ1) is 29.6. The normalized spacial score (nSPS) is 15.0. The number of esters is 2. The van der Waals surface area contributed by atoms with Gasteiger partial charge in [-0.05, 0) is 57.3 Å². The summed E-state index contributed by atoms with van der Waals surface area (Å²) in [5.41, 5.74) is 0. The number of rotatable bonds is 43. The highest BCUT2D eigenvalue weighted by molar-refractivity contribution is 7.47. The first-order valence-corrected chi connectivity index (χ1v) is 26.3. The number of hydrogen-bond donors (Lipinski definition) is 5. The maximum atomic E-state index is 12.7. The standard InChI is InChI=1S/C46H84O14P2/c1-4-32-42(47)34-29-25-21-17-13-9-7-11-14-18-22-26-30-35-45(49)56-39-44(40-59-62(54,55)58-38-43(48)37-57-61(51,52)53)60-46(50)36-31-27-23-19-15-10-6-5-8-12-16-20-24-28-33-41(2)3/h7,11,13,17-18,22,25,29,41-44,47-48H,4-6,8-10,12,14-16,19-21,23-24,26-28,30-40H2,1-3H3,(H,54,55)(H2,51,52,53)/b11-7-,17-13-,22-18-,29-25-/t42?,43-,44+/m0/s1. The lowest BCUT2D eigenvalue weighted by Gasteiger charge is -2.20. The van der Waals surface area contributed by atoms with Crippen LogP contribution in [-0.4, -0.2) is 81.6 Å². The number of carbonyl (C=O) groups excluding carboxylic acids is 2. The zero-order valence-electron chi connectivity index (χ0n) is 38.2. The molecular formula is C46H84O14P2. The van der Waals surface area contributed by atoms with E-state index in [9.17, 15) is 33.8 Å². The van der Waals surface area contributed by atoms with Crippen LogP contribution < -0.4 is 0 Å². The number of unbranched alkanes of at least 4 members (excludes halogenated alkanes) is 14. The van der Waals surface area contributed by atoms with Gasteiger partial charge in [0.15, 0.2) is 6.10 Å². The van der Waals surface area contributed by atoms with Gasteiger partial charge in [0.25, 0.3) is 0 Å². The number of allylic oxidation sites excluding steroid dienone is 7. The van der Waals surface area contributed by atoms with E-state index in [2.05, 4.69) is 60.2 Å². The molecule has 0 aliphatic heterocycles. The molecule has 0 bridgehead atoms. The van der Waals surface area contributed by atoms with Crippen LogP contribution in [0.2, 0.25) is 0 Å². The Bertz CT molecular complexity index is 1310. The van der Waals surface area contributed by atoms with Crippen LogP contribution >= 0.6 is 15.6 Å². The van der Waals surface area contributed by atoms with Crippen LogP contribution in [0.15, 0.2) is 48.6 Å². The highest BCUT2D eigenvalue weighted by atomic mass is 31.2. The topological polar surface area (TPSA) is 216 Å². The van der Waals surface area contributed by atoms with E-state index in [1.807, 2.05) is 18.2 Å². The van der Waals surface area contributed by atoms with E-state index in [-0.39, 0.29) is 18.9 Å². The molecule has 362 valence electrons. The fraction of sp³-hybridized carbons (Fsp3) is 0.783. The fourth-order valence-corrected chi connectivity index (χ4v) is 7.34. The van der Waals surface area contributed by atoms with Crippen LogP contribution in [0.3, 0.4) is 0 Å². The van der Waals surface area contributed by atoms with Crippen molar-refractivity contribution < 1.29 is 66.7 Å². The quantitative estimate of drug-likeness (QED) is 0.0166. The maximum absolute atomic E-state index is 12.7. The third-order valence-corrected chi connectivity index (χ3v) is 11.1. The van der Waals surface area contributed by atoms with E-state index in [0.717, 1.165) is 57.3 Å². The van der Waals surface area contributed by atoms with Gasteiger partial charge in [0.1, 0.15) is 12.7 Å². The van der Waals surface area contributed by atoms with Gasteiger partial charge in [0.2, 0.25) is 0 Å². The molecule has 0 aromatic carbocycles. The molecule has 0 saturated heterocycles. The summed E-state index contributed by atoms with van der Waals surface area (Å²) in [5.74, 6) is -0.311. The van der Waals surface area contributed by atoms with Gasteiger partial charge >= 0.3 is 27.6 Å². The van der Waals surface area contributed by atoms with Gasteiger partial charge in [0.05, 0.1) is 25.9 Å². The lowest BCUT2D eigenvalue weighted by molar-refractivity contribution is -0.161. The molecule has 0 aromatic rings. The zero-order valence-corrected chi connectivity index (χ0v) is 40.0. The molecule has 0 amide bonds. The number of phosphoric acid groups is 2. The van der Waals surface area contributed by atoms with Crippen LogP contribution in [-0.2, 0) is 41.8 Å². The highest BCUT2D eigenvalue weighted by Crippen LogP contribution is 2.43. The summed E-state index contributed by atoms with van der Waals surface area (Å²) in [6.45, 7) is 3.83. The molecule has 0 aliphatic carbocycles. The summed E-state index contributed by atoms with van der Waals surface area (Å²) in [6, 6.07) is 0. The third kappa shape index (κ3) is 44.6. The number of phosphoric ester groups is 2. The second-order valence-corrected chi connectivity index (χ2v) is 19.0. The number of hydrogen-bond acceptors (Lipinski definition) is 11. The van der Waals surface area contributed by atoms with E-state index in [4.69, 9.17) is 23.8 Å². The van der Waals surface area contributed by atoms with Crippen molar-refractivity contribution in [1.82, 2.24) is 0 Å². The molecule has 0 fully saturated rings. The minimum atomic E-state index is -4.87. The molecule has 0 rings (SSSR count). The minimum absolute atomic E-state index is 0.105. The van der Waals surface area contributed by atoms with Gasteiger partial charge in [-0.2, -0.15) is 0 Å². The van der Waals surface area contributed by atoms with Gasteiger partial charge in [-0.25, -0.2) is 9.13 Å². The van der Waals surface area contributed by atoms with E-state index in [1.54, 1.807) is 0 Å². The van der Waals surface area contributed by atoms with E-state index >= 15 is 0 Å². The molecule has 0 radical (unpaired) electrons. The smallest absolute Gasteiger partial charge is 0.462 e. The van der Waals surface area contributed by atoms with Gasteiger partial charge in [-0.15, -0.1) is 0 Å². The van der Waals surface area contributed by atoms with Crippen LogP contribution in [0.1, 0.15) is 181 Å². The second-order valence-electron chi connectivity index (χ2n) is 16.3. The van der Waals surface area contributed by atoms with E-state index < -0.39 is 66.2 Å². The molecular weight excluding hydrogens is 838 g/mol. The zero-order chi connectivity index (χ0) is 46.2. The van der Waals surface area contributed by atoms with Crippen LogP contribution in [0.5, 0.6) is 0 Å². The first-order valence-electron chi connectivity index (χ1n) is 23.3. The molecule has 0 spiro atoms. The Kier molecular flexibility index (Phi) is 39.3. The summed E-state index contributed by atoms with van der Waals surface area (Å²) < 4.78 is 47.8. The van der Waals surface area contributed by atoms with Crippen molar-refractivity contribution in [1.29, 1.82) is 0 Å². The third-order valence-electron chi connectivity index (χ3n) is 9.69. The molecule has 16 heteroatoms. The minimum Gasteiger partial charge on any atom is -0.462 e. The SMILES string of the molecule is CCCC(O)C/C=C\C/C=C\C/C=C\C/C=C\CCCC(=O)OC[C@H](COP(=O)(O)OC[C@@H](O)COP(=O)(O)O)OC(=O)CCCCCCCCCCCCCCCCC(C)C. The van der Waals surface area contributed by atoms with E-state index in [1.165, 1.54) is 70.6 Å². The first kappa shape index (κ1) is 60.0. The van der Waals surface area contributed by atoms with Crippen molar-refractivity contribution >= 4 is 27.6 Å². The monoisotopic (exact) mass is 923 g/mol. The Morgan fingerprint density at radius 3 is 1.53 bits per heavy atom. The number of ether oxygens (including phenoxy) is 2. The second kappa shape index (κ2) is 40.5. The Morgan fingerprint density at radius 2 is 1.00 bits per heavy atom. The molecule has 0 aliphatic rings. The largest absolute Gasteiger partial charge is 0.472 e. The Hall–Kier alpha value is -1.96. The lowest BCUT2D eigenvalue weighted by Crippen LogP contribution is -2.30. The van der Waals surface area contributed by atoms with Crippen molar-refractivity contribution in [3.8, 4) is 0 Å². The molecule has 62 heavy (non-hydrogen) atoms. The van der Waals surface area contributed by atoms with Crippen LogP contribution in [0.25, 0.3) is 0 Å². The average Bonchev–Trinajstić information content (AvgIpc) is 3.21. The predicted octanol–water partition coefficient (Wildman–Crippen LogP) is 11.1. The summed E-state index contributed by atoms with van der Waals surface area (Å²) in [7, 11) is -9.70. The summed E-state index contributed by atoms with van der Waals surface area (Å²) >= 11 is 0. The molecule has 0 heterocycles. The van der Waals surface area contributed by atoms with Gasteiger partial charge in [-0.3, -0.25) is 23.2 Å². The number of aliphatic hydroxyl groups excluding tert-OH is 2.